The van der Waals surface area contributed by atoms with Crippen LogP contribution >= 0.6 is 0 Å². The Morgan fingerprint density at radius 1 is 1.12 bits per heavy atom. The van der Waals surface area contributed by atoms with Crippen LogP contribution in [-0.2, 0) is 4.74 Å². The lowest BCUT2D eigenvalue weighted by Crippen LogP contribution is -2.37. The zero-order chi connectivity index (χ0) is 17.8. The maximum absolute atomic E-state index is 13.2. The first kappa shape index (κ1) is 16.9. The first-order valence-electron chi connectivity index (χ1n) is 8.71. The molecule has 1 aliphatic heterocycles. The van der Waals surface area contributed by atoms with E-state index in [1.165, 1.54) is 18.5 Å². The highest BCUT2D eigenvalue weighted by molar-refractivity contribution is 5.97. The molecule has 1 fully saturated rings. The number of hydrogen-bond donors (Lipinski definition) is 1. The lowest BCUT2D eigenvalue weighted by Gasteiger charge is -2.26. The topological polar surface area (TPSA) is 76.3 Å². The Hall–Kier alpha value is -2.58. The Bertz CT molecular complexity index is 862. The van der Waals surface area contributed by atoms with Gasteiger partial charge < -0.3 is 14.6 Å². The van der Waals surface area contributed by atoms with Crippen LogP contribution in [0.1, 0.15) is 6.42 Å². The molecule has 4 rings (SSSR count). The van der Waals surface area contributed by atoms with Crippen LogP contribution in [0.25, 0.3) is 22.4 Å². The van der Waals surface area contributed by atoms with Crippen LogP contribution in [-0.4, -0.2) is 59.4 Å². The fourth-order valence-electron chi connectivity index (χ4n) is 3.06. The fourth-order valence-corrected chi connectivity index (χ4v) is 3.06. The molecule has 0 spiro atoms. The molecule has 0 saturated carbocycles. The Morgan fingerprint density at radius 3 is 2.73 bits per heavy atom. The van der Waals surface area contributed by atoms with E-state index < -0.39 is 0 Å². The standard InChI is InChI=1S/C18H20FN5O2/c19-14-4-2-13(3-5-14)16-15-17(21-12-22-18(15)26-23-16)20-6-1-7-24-8-10-25-11-9-24/h2-5,12H,1,6-11H2,(H,20,21,22). The molecule has 0 unspecified atom stereocenters. The lowest BCUT2D eigenvalue weighted by atomic mass is 10.1. The summed E-state index contributed by atoms with van der Waals surface area (Å²) in [6.45, 7) is 5.37. The second-order valence-corrected chi connectivity index (χ2v) is 6.17. The van der Waals surface area contributed by atoms with Gasteiger partial charge in [-0.25, -0.2) is 9.37 Å². The minimum atomic E-state index is -0.292. The highest BCUT2D eigenvalue weighted by atomic mass is 19.1. The molecule has 2 aromatic heterocycles. The normalized spacial score (nSPS) is 15.4. The molecule has 1 aliphatic rings. The van der Waals surface area contributed by atoms with Gasteiger partial charge in [-0.2, -0.15) is 4.98 Å². The fraction of sp³-hybridized carbons (Fsp3) is 0.389. The van der Waals surface area contributed by atoms with Gasteiger partial charge in [-0.1, -0.05) is 5.16 Å². The van der Waals surface area contributed by atoms with Crippen molar-refractivity contribution >= 4 is 16.9 Å². The van der Waals surface area contributed by atoms with E-state index >= 15 is 0 Å². The Balaban J connectivity index is 1.48. The molecule has 26 heavy (non-hydrogen) atoms. The van der Waals surface area contributed by atoms with Crippen LogP contribution in [0.15, 0.2) is 35.1 Å². The number of hydrogen-bond acceptors (Lipinski definition) is 7. The van der Waals surface area contributed by atoms with E-state index in [4.69, 9.17) is 9.26 Å². The Kier molecular flexibility index (Phi) is 5.03. The van der Waals surface area contributed by atoms with Crippen molar-refractivity contribution in [3.05, 3.63) is 36.4 Å². The van der Waals surface area contributed by atoms with Gasteiger partial charge in [-0.15, -0.1) is 0 Å². The molecule has 1 aromatic carbocycles. The average molecular weight is 357 g/mol. The van der Waals surface area contributed by atoms with Crippen LogP contribution in [0.2, 0.25) is 0 Å². The van der Waals surface area contributed by atoms with Crippen LogP contribution in [0.4, 0.5) is 10.2 Å². The minimum Gasteiger partial charge on any atom is -0.379 e. The number of morpholine rings is 1. The van der Waals surface area contributed by atoms with E-state index in [0.717, 1.165) is 51.4 Å². The second-order valence-electron chi connectivity index (χ2n) is 6.17. The molecule has 3 heterocycles. The predicted molar refractivity (Wildman–Crippen MR) is 95.4 cm³/mol. The smallest absolute Gasteiger partial charge is 0.263 e. The van der Waals surface area contributed by atoms with Gasteiger partial charge in [0.05, 0.1) is 13.2 Å². The monoisotopic (exact) mass is 357 g/mol. The summed E-state index contributed by atoms with van der Waals surface area (Å²) < 4.78 is 23.9. The van der Waals surface area contributed by atoms with Crippen LogP contribution < -0.4 is 5.32 Å². The number of nitrogens with one attached hydrogen (secondary N) is 1. The maximum atomic E-state index is 13.2. The first-order chi connectivity index (χ1) is 12.8. The van der Waals surface area contributed by atoms with Gasteiger partial charge in [0.1, 0.15) is 29.0 Å². The highest BCUT2D eigenvalue weighted by Crippen LogP contribution is 2.31. The van der Waals surface area contributed by atoms with Gasteiger partial charge in [-0.3, -0.25) is 4.90 Å². The molecule has 0 aliphatic carbocycles. The Morgan fingerprint density at radius 2 is 1.92 bits per heavy atom. The van der Waals surface area contributed by atoms with Crippen molar-refractivity contribution in [2.45, 2.75) is 6.42 Å². The van der Waals surface area contributed by atoms with Crippen molar-refractivity contribution in [1.29, 1.82) is 0 Å². The third kappa shape index (κ3) is 3.66. The average Bonchev–Trinajstić information content (AvgIpc) is 3.12. The van der Waals surface area contributed by atoms with Crippen molar-refractivity contribution in [3.63, 3.8) is 0 Å². The summed E-state index contributed by atoms with van der Waals surface area (Å²) >= 11 is 0. The summed E-state index contributed by atoms with van der Waals surface area (Å²) in [4.78, 5) is 10.9. The number of ether oxygens (including phenoxy) is 1. The summed E-state index contributed by atoms with van der Waals surface area (Å²) in [5.41, 5.74) is 1.78. The van der Waals surface area contributed by atoms with Gasteiger partial charge in [0.25, 0.3) is 5.71 Å². The zero-order valence-electron chi connectivity index (χ0n) is 14.3. The van der Waals surface area contributed by atoms with Crippen molar-refractivity contribution in [2.75, 3.05) is 44.7 Å². The number of anilines is 1. The zero-order valence-corrected chi connectivity index (χ0v) is 14.3. The second kappa shape index (κ2) is 7.76. The molecule has 1 saturated heterocycles. The molecule has 3 aromatic rings. The number of rotatable bonds is 6. The van der Waals surface area contributed by atoms with Crippen molar-refractivity contribution in [3.8, 4) is 11.3 Å². The van der Waals surface area contributed by atoms with Gasteiger partial charge in [0.2, 0.25) is 0 Å². The quantitative estimate of drug-likeness (QED) is 0.680. The van der Waals surface area contributed by atoms with Gasteiger partial charge in [-0.05, 0) is 37.2 Å². The molecule has 0 bridgehead atoms. The molecular formula is C18H20FN5O2. The third-order valence-corrected chi connectivity index (χ3v) is 4.44. The highest BCUT2D eigenvalue weighted by Gasteiger charge is 2.17. The van der Waals surface area contributed by atoms with Gasteiger partial charge in [0, 0.05) is 25.2 Å². The number of fused-ring (bicyclic) bond motifs is 1. The molecule has 8 heteroatoms. The number of halogens is 1. The predicted octanol–water partition coefficient (Wildman–Crippen LogP) is 2.56. The third-order valence-electron chi connectivity index (χ3n) is 4.44. The van der Waals surface area contributed by atoms with E-state index in [2.05, 4.69) is 25.3 Å². The molecule has 7 nitrogen and oxygen atoms in total. The van der Waals surface area contributed by atoms with Crippen molar-refractivity contribution in [1.82, 2.24) is 20.0 Å². The van der Waals surface area contributed by atoms with E-state index in [0.29, 0.717) is 22.6 Å². The number of aromatic nitrogens is 3. The van der Waals surface area contributed by atoms with E-state index in [9.17, 15) is 4.39 Å². The summed E-state index contributed by atoms with van der Waals surface area (Å²) in [5.74, 6) is 0.386. The van der Waals surface area contributed by atoms with Crippen molar-refractivity contribution in [2.24, 2.45) is 0 Å². The first-order valence-corrected chi connectivity index (χ1v) is 8.71. The molecule has 0 atom stereocenters. The number of nitrogens with zero attached hydrogens (tertiary/aromatic N) is 4. The molecule has 0 radical (unpaired) electrons. The molecule has 0 amide bonds. The SMILES string of the molecule is Fc1ccc(-c2noc3ncnc(NCCCN4CCOCC4)c23)cc1. The summed E-state index contributed by atoms with van der Waals surface area (Å²) in [7, 11) is 0. The summed E-state index contributed by atoms with van der Waals surface area (Å²) in [6, 6.07) is 6.13. The lowest BCUT2D eigenvalue weighted by molar-refractivity contribution is 0.0378. The Labute approximate surface area is 150 Å². The largest absolute Gasteiger partial charge is 0.379 e. The van der Waals surface area contributed by atoms with Crippen molar-refractivity contribution < 1.29 is 13.7 Å². The van der Waals surface area contributed by atoms with Crippen LogP contribution in [0.5, 0.6) is 0 Å². The van der Waals surface area contributed by atoms with E-state index in [-0.39, 0.29) is 5.82 Å². The van der Waals surface area contributed by atoms with Gasteiger partial charge >= 0.3 is 0 Å². The summed E-state index contributed by atoms with van der Waals surface area (Å²) in [5, 5.41) is 8.16. The maximum Gasteiger partial charge on any atom is 0.263 e. The van der Waals surface area contributed by atoms with Crippen LogP contribution in [0, 0.1) is 5.82 Å². The number of benzene rings is 1. The molecular weight excluding hydrogens is 337 g/mol. The molecule has 1 N–H and O–H groups in total. The van der Waals surface area contributed by atoms with Crippen LogP contribution in [0.3, 0.4) is 0 Å². The van der Waals surface area contributed by atoms with E-state index in [1.54, 1.807) is 12.1 Å². The van der Waals surface area contributed by atoms with Gasteiger partial charge in [0.15, 0.2) is 0 Å². The van der Waals surface area contributed by atoms with E-state index in [1.807, 2.05) is 0 Å². The summed E-state index contributed by atoms with van der Waals surface area (Å²) in [6.07, 6.45) is 2.44. The minimum absolute atomic E-state index is 0.292. The molecule has 136 valence electrons.